The molecule has 2 aromatic carbocycles. The molecule has 2 atom stereocenters. The number of amides is 1. The van der Waals surface area contributed by atoms with Crippen molar-refractivity contribution in [3.8, 4) is 0 Å². The van der Waals surface area contributed by atoms with E-state index < -0.39 is 23.8 Å². The van der Waals surface area contributed by atoms with Crippen LogP contribution in [0.2, 0.25) is 0 Å². The van der Waals surface area contributed by atoms with Gasteiger partial charge in [-0.15, -0.1) is 0 Å². The molecule has 1 amide bonds. The van der Waals surface area contributed by atoms with E-state index in [4.69, 9.17) is 9.94 Å². The number of rotatable bonds is 5. The van der Waals surface area contributed by atoms with Crippen LogP contribution in [0.15, 0.2) is 48.5 Å². The molecule has 0 saturated carbocycles. The third-order valence-corrected chi connectivity index (χ3v) is 5.24. The first-order valence-electron chi connectivity index (χ1n) is 9.30. The lowest BCUT2D eigenvalue weighted by Crippen LogP contribution is -2.51. The second-order valence-corrected chi connectivity index (χ2v) is 7.08. The Balaban J connectivity index is 1.87. The summed E-state index contributed by atoms with van der Waals surface area (Å²) < 4.78 is 38.5. The Morgan fingerprint density at radius 2 is 1.70 bits per heavy atom. The zero-order valence-electron chi connectivity index (χ0n) is 16.1. The van der Waals surface area contributed by atoms with Gasteiger partial charge in [0.25, 0.3) is 5.91 Å². The lowest BCUT2D eigenvalue weighted by atomic mass is 9.86. The molecule has 3 rings (SSSR count). The van der Waals surface area contributed by atoms with E-state index in [1.807, 2.05) is 4.90 Å². The third-order valence-electron chi connectivity index (χ3n) is 5.24. The Morgan fingerprint density at radius 1 is 1.07 bits per heavy atom. The number of nitrogens with one attached hydrogen (secondary N) is 1. The van der Waals surface area contributed by atoms with Gasteiger partial charge in [-0.2, -0.15) is 13.2 Å². The maximum absolute atomic E-state index is 12.8. The molecule has 1 aliphatic heterocycles. The molecule has 1 aliphatic rings. The number of hydroxylamine groups is 1. The van der Waals surface area contributed by atoms with Crippen molar-refractivity contribution in [1.29, 1.82) is 0 Å². The number of halogens is 3. The van der Waals surface area contributed by atoms with Crippen LogP contribution < -0.4 is 10.4 Å². The van der Waals surface area contributed by atoms with E-state index >= 15 is 0 Å². The molecule has 1 heterocycles. The number of hydrogen-bond donors (Lipinski definition) is 2. The van der Waals surface area contributed by atoms with Crippen molar-refractivity contribution in [2.75, 3.05) is 18.6 Å². The fraction of sp³-hybridized carbons (Fsp3) is 0.333. The molecule has 9 heteroatoms. The van der Waals surface area contributed by atoms with Gasteiger partial charge in [0.15, 0.2) is 0 Å². The number of benzene rings is 2. The summed E-state index contributed by atoms with van der Waals surface area (Å²) in [5, 5.41) is 9.09. The Kier molecular flexibility index (Phi) is 6.31. The van der Waals surface area contributed by atoms with Crippen LogP contribution in [0.1, 0.15) is 40.2 Å². The molecule has 6 nitrogen and oxygen atoms in total. The van der Waals surface area contributed by atoms with Crippen molar-refractivity contribution < 1.29 is 32.7 Å². The van der Waals surface area contributed by atoms with E-state index in [1.54, 1.807) is 12.1 Å². The van der Waals surface area contributed by atoms with Gasteiger partial charge in [-0.1, -0.05) is 12.1 Å². The summed E-state index contributed by atoms with van der Waals surface area (Å²) in [4.78, 5) is 30.1. The number of alkyl halides is 3. The number of carboxylic acids is 1. The average molecular weight is 422 g/mol. The van der Waals surface area contributed by atoms with Gasteiger partial charge in [0.1, 0.15) is 6.04 Å². The van der Waals surface area contributed by atoms with E-state index in [9.17, 15) is 22.8 Å². The van der Waals surface area contributed by atoms with E-state index in [2.05, 4.69) is 5.48 Å². The summed E-state index contributed by atoms with van der Waals surface area (Å²) >= 11 is 0. The van der Waals surface area contributed by atoms with Crippen LogP contribution in [0.5, 0.6) is 0 Å². The molecule has 160 valence electrons. The normalized spacial score (nSPS) is 19.4. The molecule has 2 aromatic rings. The summed E-state index contributed by atoms with van der Waals surface area (Å²) in [5.74, 6) is -1.49. The number of carbonyl (C=O) groups excluding carboxylic acids is 1. The quantitative estimate of drug-likeness (QED) is 0.716. The van der Waals surface area contributed by atoms with Crippen molar-refractivity contribution in [2.24, 2.45) is 0 Å². The van der Waals surface area contributed by atoms with Crippen LogP contribution >= 0.6 is 0 Å². The summed E-state index contributed by atoms with van der Waals surface area (Å²) in [7, 11) is 1.33. The summed E-state index contributed by atoms with van der Waals surface area (Å²) in [6.45, 7) is 0.388. The summed E-state index contributed by atoms with van der Waals surface area (Å²) in [6.07, 6.45) is -3.33. The Labute approximate surface area is 171 Å². The van der Waals surface area contributed by atoms with Gasteiger partial charge in [-0.25, -0.2) is 10.3 Å². The number of carboxylic acid groups (broad SMARTS) is 1. The highest BCUT2D eigenvalue weighted by Crippen LogP contribution is 2.35. The molecule has 0 aromatic heterocycles. The van der Waals surface area contributed by atoms with Crippen LogP contribution in [0.3, 0.4) is 0 Å². The van der Waals surface area contributed by atoms with Crippen molar-refractivity contribution in [2.45, 2.75) is 31.0 Å². The first-order valence-corrected chi connectivity index (χ1v) is 9.30. The highest BCUT2D eigenvalue weighted by molar-refractivity contribution is 5.88. The van der Waals surface area contributed by atoms with Crippen LogP contribution in [0, 0.1) is 0 Å². The number of piperidine rings is 1. The van der Waals surface area contributed by atoms with Gasteiger partial charge in [0.2, 0.25) is 0 Å². The third kappa shape index (κ3) is 4.73. The second-order valence-electron chi connectivity index (χ2n) is 7.08. The van der Waals surface area contributed by atoms with Gasteiger partial charge in [-0.05, 0) is 54.8 Å². The largest absolute Gasteiger partial charge is 0.478 e. The predicted octanol–water partition coefficient (Wildman–Crippen LogP) is 3.83. The smallest absolute Gasteiger partial charge is 0.416 e. The Morgan fingerprint density at radius 3 is 2.23 bits per heavy atom. The SMILES string of the molecule is CONC(=O)[C@@H]1CCC(c2ccc(C(F)(F)F)cc2)CN1c1ccc(C(=O)O)cc1. The van der Waals surface area contributed by atoms with Gasteiger partial charge in [-0.3, -0.25) is 9.63 Å². The number of aromatic carboxylic acids is 1. The van der Waals surface area contributed by atoms with Crippen molar-refractivity contribution >= 4 is 17.6 Å². The fourth-order valence-electron chi connectivity index (χ4n) is 3.71. The van der Waals surface area contributed by atoms with Gasteiger partial charge < -0.3 is 10.0 Å². The van der Waals surface area contributed by atoms with Crippen LogP contribution in [0.25, 0.3) is 0 Å². The molecule has 0 spiro atoms. The second kappa shape index (κ2) is 8.74. The van der Waals surface area contributed by atoms with Crippen LogP contribution in [-0.4, -0.2) is 36.7 Å². The van der Waals surface area contributed by atoms with Crippen LogP contribution in [-0.2, 0) is 15.8 Å². The lowest BCUT2D eigenvalue weighted by molar-refractivity contribution is -0.137. The van der Waals surface area contributed by atoms with Crippen molar-refractivity contribution in [3.63, 3.8) is 0 Å². The van der Waals surface area contributed by atoms with Crippen LogP contribution in [0.4, 0.5) is 18.9 Å². The predicted molar refractivity (Wildman–Crippen MR) is 103 cm³/mol. The number of nitrogens with zero attached hydrogens (tertiary/aromatic N) is 1. The number of hydrogen-bond acceptors (Lipinski definition) is 4. The summed E-state index contributed by atoms with van der Waals surface area (Å²) in [6, 6.07) is 10.6. The first kappa shape index (κ1) is 21.6. The Hall–Kier alpha value is -3.07. The van der Waals surface area contributed by atoms with Gasteiger partial charge in [0, 0.05) is 18.2 Å². The fourth-order valence-corrected chi connectivity index (χ4v) is 3.71. The van der Waals surface area contributed by atoms with Crippen molar-refractivity contribution in [3.05, 3.63) is 65.2 Å². The average Bonchev–Trinajstić information content (AvgIpc) is 2.73. The molecule has 2 N–H and O–H groups in total. The minimum Gasteiger partial charge on any atom is -0.478 e. The molecule has 30 heavy (non-hydrogen) atoms. The van der Waals surface area contributed by atoms with Gasteiger partial charge in [0.05, 0.1) is 18.2 Å². The maximum Gasteiger partial charge on any atom is 0.416 e. The topological polar surface area (TPSA) is 78.9 Å². The minimum atomic E-state index is -4.40. The van der Waals surface area contributed by atoms with Gasteiger partial charge >= 0.3 is 12.1 Å². The molecule has 0 aliphatic carbocycles. The standard InChI is InChI=1S/C21H21F3N2O4/c1-30-25-19(27)18-11-6-15(13-2-7-16(8-3-13)21(22,23)24)12-26(18)17-9-4-14(5-10-17)20(28)29/h2-5,7-10,15,18H,6,11-12H2,1H3,(H,25,27)(H,28,29)/t15?,18-/m0/s1. The minimum absolute atomic E-state index is 0.0852. The first-order chi connectivity index (χ1) is 14.2. The van der Waals surface area contributed by atoms with E-state index in [0.717, 1.165) is 17.7 Å². The maximum atomic E-state index is 12.8. The van der Waals surface area contributed by atoms with E-state index in [1.165, 1.54) is 31.4 Å². The Bertz CT molecular complexity index is 898. The van der Waals surface area contributed by atoms with E-state index in [0.29, 0.717) is 25.1 Å². The zero-order valence-corrected chi connectivity index (χ0v) is 16.1. The monoisotopic (exact) mass is 422 g/mol. The molecule has 0 bridgehead atoms. The molecule has 1 fully saturated rings. The molecule has 1 unspecified atom stereocenters. The number of anilines is 1. The number of carbonyl (C=O) groups is 2. The summed E-state index contributed by atoms with van der Waals surface area (Å²) in [5.41, 5.74) is 3.13. The lowest BCUT2D eigenvalue weighted by Gasteiger charge is -2.40. The van der Waals surface area contributed by atoms with E-state index in [-0.39, 0.29) is 17.4 Å². The van der Waals surface area contributed by atoms with Crippen molar-refractivity contribution in [1.82, 2.24) is 5.48 Å². The molecule has 0 radical (unpaired) electrons. The highest BCUT2D eigenvalue weighted by atomic mass is 19.4. The zero-order chi connectivity index (χ0) is 21.9. The molecular weight excluding hydrogens is 401 g/mol. The molecular formula is C21H21F3N2O4. The highest BCUT2D eigenvalue weighted by Gasteiger charge is 2.35. The molecule has 1 saturated heterocycles.